The number of aliphatic imine (C=N–C) groups is 1. The van der Waals surface area contributed by atoms with Gasteiger partial charge in [0.2, 0.25) is 5.91 Å². The van der Waals surface area contributed by atoms with Crippen LogP contribution in [0.1, 0.15) is 24.5 Å². The first-order valence-electron chi connectivity index (χ1n) is 8.11. The van der Waals surface area contributed by atoms with E-state index in [1.807, 2.05) is 19.1 Å². The molecule has 0 radical (unpaired) electrons. The molecule has 1 aliphatic carbocycles. The number of guanidine groups is 1. The number of carbonyl (C=O) groups is 1. The third-order valence-corrected chi connectivity index (χ3v) is 5.91. The fraction of sp³-hybridized carbons (Fsp3) is 0.200. The first kappa shape index (κ1) is 15.8. The SMILES string of the molecule is C=C1C=CC=C1c1cc([C@]2(C)CC(=O)N(C)C(N)=N2)cc2ccsc12. The van der Waals surface area contributed by atoms with Crippen LogP contribution in [0.3, 0.4) is 0 Å². The maximum absolute atomic E-state index is 12.3. The topological polar surface area (TPSA) is 58.7 Å². The highest BCUT2D eigenvalue weighted by Crippen LogP contribution is 2.41. The van der Waals surface area contributed by atoms with E-state index < -0.39 is 5.54 Å². The minimum Gasteiger partial charge on any atom is -0.369 e. The lowest BCUT2D eigenvalue weighted by Gasteiger charge is -2.34. The molecular formula is C20H19N3OS. The summed E-state index contributed by atoms with van der Waals surface area (Å²) >= 11 is 1.71. The zero-order chi connectivity index (χ0) is 17.8. The Balaban J connectivity index is 1.92. The number of nitrogens with zero attached hydrogens (tertiary/aromatic N) is 2. The van der Waals surface area contributed by atoms with Crippen molar-refractivity contribution in [2.45, 2.75) is 18.9 Å². The number of fused-ring (bicyclic) bond motifs is 1. The van der Waals surface area contributed by atoms with Crippen LogP contribution in [0.25, 0.3) is 15.7 Å². The second-order valence-electron chi connectivity index (χ2n) is 6.70. The van der Waals surface area contributed by atoms with Gasteiger partial charge in [0.1, 0.15) is 0 Å². The van der Waals surface area contributed by atoms with Gasteiger partial charge in [-0.2, -0.15) is 0 Å². The Labute approximate surface area is 150 Å². The third kappa shape index (κ3) is 2.43. The average molecular weight is 349 g/mol. The number of rotatable bonds is 2. The molecule has 1 aromatic carbocycles. The average Bonchev–Trinajstić information content (AvgIpc) is 3.20. The molecule has 2 N–H and O–H groups in total. The van der Waals surface area contributed by atoms with Crippen LogP contribution in [0, 0.1) is 0 Å². The maximum atomic E-state index is 12.3. The molecule has 0 unspecified atom stereocenters. The molecule has 0 saturated carbocycles. The Bertz CT molecular complexity index is 1010. The number of thiophene rings is 1. The van der Waals surface area contributed by atoms with Crippen LogP contribution in [0.2, 0.25) is 0 Å². The summed E-state index contributed by atoms with van der Waals surface area (Å²) in [7, 11) is 1.66. The molecule has 0 bridgehead atoms. The number of carbonyl (C=O) groups excluding carboxylic acids is 1. The largest absolute Gasteiger partial charge is 0.369 e. The number of hydrogen-bond acceptors (Lipinski definition) is 4. The highest BCUT2D eigenvalue weighted by atomic mass is 32.1. The number of hydrogen-bond donors (Lipinski definition) is 1. The zero-order valence-corrected chi connectivity index (χ0v) is 15.1. The van der Waals surface area contributed by atoms with Crippen molar-refractivity contribution in [3.63, 3.8) is 0 Å². The molecule has 1 amide bonds. The Morgan fingerprint density at radius 1 is 1.40 bits per heavy atom. The third-order valence-electron chi connectivity index (χ3n) is 4.94. The van der Waals surface area contributed by atoms with Gasteiger partial charge in [-0.1, -0.05) is 24.8 Å². The van der Waals surface area contributed by atoms with Gasteiger partial charge in [0.25, 0.3) is 0 Å². The summed E-state index contributed by atoms with van der Waals surface area (Å²) in [5, 5.41) is 3.24. The summed E-state index contributed by atoms with van der Waals surface area (Å²) < 4.78 is 1.22. The molecule has 126 valence electrons. The van der Waals surface area contributed by atoms with Gasteiger partial charge in [0.15, 0.2) is 5.96 Å². The van der Waals surface area contributed by atoms with Crippen molar-refractivity contribution in [2.24, 2.45) is 10.7 Å². The number of amides is 1. The number of benzene rings is 1. The predicted molar refractivity (Wildman–Crippen MR) is 104 cm³/mol. The van der Waals surface area contributed by atoms with E-state index in [-0.39, 0.29) is 11.9 Å². The number of nitrogens with two attached hydrogens (primary N) is 1. The van der Waals surface area contributed by atoms with Crippen molar-refractivity contribution in [2.75, 3.05) is 7.05 Å². The predicted octanol–water partition coefficient (Wildman–Crippen LogP) is 3.80. The minimum atomic E-state index is -0.660. The van der Waals surface area contributed by atoms with Crippen molar-refractivity contribution < 1.29 is 4.79 Å². The second kappa shape index (κ2) is 5.43. The Hall–Kier alpha value is -2.66. The summed E-state index contributed by atoms with van der Waals surface area (Å²) in [4.78, 5) is 18.4. The molecule has 2 aromatic rings. The van der Waals surface area contributed by atoms with Crippen molar-refractivity contribution >= 4 is 38.9 Å². The molecule has 2 aliphatic rings. The van der Waals surface area contributed by atoms with Gasteiger partial charge in [-0.25, -0.2) is 4.99 Å². The second-order valence-corrected chi connectivity index (χ2v) is 7.62. The standard InChI is InChI=1S/C20H19N3OS/c1-12-5-4-6-15(12)16-10-14(9-13-7-8-25-18(13)16)20(2)11-17(24)23(3)19(21)22-20/h4-10H,1,11H2,2-3H3,(H2,21,22)/t20-/m0/s1. The minimum absolute atomic E-state index is 0.0203. The lowest BCUT2D eigenvalue weighted by Crippen LogP contribution is -2.47. The molecule has 0 spiro atoms. The molecule has 1 aliphatic heterocycles. The fourth-order valence-electron chi connectivity index (χ4n) is 3.39. The first-order chi connectivity index (χ1) is 11.9. The van der Waals surface area contributed by atoms with Crippen LogP contribution in [-0.4, -0.2) is 23.8 Å². The van der Waals surface area contributed by atoms with Crippen LogP contribution < -0.4 is 5.73 Å². The van der Waals surface area contributed by atoms with Crippen LogP contribution in [0.15, 0.2) is 59.0 Å². The van der Waals surface area contributed by atoms with Crippen LogP contribution in [0.5, 0.6) is 0 Å². The van der Waals surface area contributed by atoms with E-state index >= 15 is 0 Å². The molecule has 0 saturated heterocycles. The number of allylic oxidation sites excluding steroid dienone is 5. The van der Waals surface area contributed by atoms with E-state index in [0.717, 1.165) is 27.7 Å². The van der Waals surface area contributed by atoms with E-state index in [0.29, 0.717) is 6.42 Å². The lowest BCUT2D eigenvalue weighted by atomic mass is 9.84. The van der Waals surface area contributed by atoms with E-state index in [1.165, 1.54) is 9.60 Å². The molecule has 4 rings (SSSR count). The smallest absolute Gasteiger partial charge is 0.231 e. The zero-order valence-electron chi connectivity index (χ0n) is 14.2. The summed E-state index contributed by atoms with van der Waals surface area (Å²) in [6.07, 6.45) is 6.41. The molecular weight excluding hydrogens is 330 g/mol. The molecule has 2 heterocycles. The highest BCUT2D eigenvalue weighted by Gasteiger charge is 2.36. The van der Waals surface area contributed by atoms with Crippen LogP contribution in [0.4, 0.5) is 0 Å². The van der Waals surface area contributed by atoms with Gasteiger partial charge in [-0.3, -0.25) is 9.69 Å². The molecule has 0 fully saturated rings. The Morgan fingerprint density at radius 3 is 2.88 bits per heavy atom. The maximum Gasteiger partial charge on any atom is 0.231 e. The van der Waals surface area contributed by atoms with Gasteiger partial charge in [0.05, 0.1) is 12.0 Å². The quantitative estimate of drug-likeness (QED) is 0.896. The van der Waals surface area contributed by atoms with E-state index in [2.05, 4.69) is 41.2 Å². The molecule has 4 nitrogen and oxygen atoms in total. The normalized spacial score (nSPS) is 23.4. The van der Waals surface area contributed by atoms with Gasteiger partial charge in [0, 0.05) is 17.3 Å². The monoisotopic (exact) mass is 349 g/mol. The van der Waals surface area contributed by atoms with E-state index in [4.69, 9.17) is 5.73 Å². The summed E-state index contributed by atoms with van der Waals surface area (Å²) in [6.45, 7) is 6.11. The highest BCUT2D eigenvalue weighted by molar-refractivity contribution is 7.17. The van der Waals surface area contributed by atoms with Crippen molar-refractivity contribution in [3.8, 4) is 0 Å². The summed E-state index contributed by atoms with van der Waals surface area (Å²) in [5.41, 5.74) is 9.57. The van der Waals surface area contributed by atoms with E-state index in [1.54, 1.807) is 18.4 Å². The molecule has 1 aromatic heterocycles. The van der Waals surface area contributed by atoms with Gasteiger partial charge in [-0.05, 0) is 52.6 Å². The van der Waals surface area contributed by atoms with E-state index in [9.17, 15) is 4.79 Å². The van der Waals surface area contributed by atoms with Crippen molar-refractivity contribution in [3.05, 3.63) is 65.1 Å². The lowest BCUT2D eigenvalue weighted by molar-refractivity contribution is -0.128. The van der Waals surface area contributed by atoms with Crippen molar-refractivity contribution in [1.29, 1.82) is 0 Å². The first-order valence-corrected chi connectivity index (χ1v) is 8.99. The summed E-state index contributed by atoms with van der Waals surface area (Å²) in [6, 6.07) is 6.36. The molecule has 1 atom stereocenters. The van der Waals surface area contributed by atoms with Crippen LogP contribution >= 0.6 is 11.3 Å². The Morgan fingerprint density at radius 2 is 2.20 bits per heavy atom. The molecule has 25 heavy (non-hydrogen) atoms. The van der Waals surface area contributed by atoms with Gasteiger partial charge in [-0.15, -0.1) is 11.3 Å². The Kier molecular flexibility index (Phi) is 3.44. The summed E-state index contributed by atoms with van der Waals surface area (Å²) in [5.74, 6) is 0.241. The fourth-order valence-corrected chi connectivity index (χ4v) is 4.30. The molecule has 5 heteroatoms. The van der Waals surface area contributed by atoms with Gasteiger partial charge >= 0.3 is 0 Å². The van der Waals surface area contributed by atoms with Crippen molar-refractivity contribution in [1.82, 2.24) is 4.90 Å². The van der Waals surface area contributed by atoms with Gasteiger partial charge < -0.3 is 5.73 Å². The van der Waals surface area contributed by atoms with Crippen LogP contribution in [-0.2, 0) is 10.3 Å².